The first-order valence-corrected chi connectivity index (χ1v) is 10.7. The second-order valence-corrected chi connectivity index (χ2v) is 9.03. The van der Waals surface area contributed by atoms with Crippen molar-refractivity contribution in [1.29, 1.82) is 0 Å². The van der Waals surface area contributed by atoms with Gasteiger partial charge >= 0.3 is 6.18 Å². The maximum Gasteiger partial charge on any atom is 0.417 e. The van der Waals surface area contributed by atoms with Crippen molar-refractivity contribution in [2.24, 2.45) is 11.7 Å². The summed E-state index contributed by atoms with van der Waals surface area (Å²) in [6.07, 6.45) is -4.02. The predicted molar refractivity (Wildman–Crippen MR) is 110 cm³/mol. The van der Waals surface area contributed by atoms with Crippen molar-refractivity contribution in [1.82, 2.24) is 9.88 Å². The molecule has 1 saturated carbocycles. The molecule has 1 aromatic carbocycles. The van der Waals surface area contributed by atoms with E-state index < -0.39 is 76.3 Å². The van der Waals surface area contributed by atoms with Crippen LogP contribution in [0.1, 0.15) is 46.7 Å². The van der Waals surface area contributed by atoms with Gasteiger partial charge in [0.2, 0.25) is 5.91 Å². The predicted octanol–water partition coefficient (Wildman–Crippen LogP) is 3.66. The van der Waals surface area contributed by atoms with Crippen molar-refractivity contribution in [3.63, 3.8) is 0 Å². The maximum atomic E-state index is 15.0. The largest absolute Gasteiger partial charge is 0.417 e. The number of primary amides is 1. The van der Waals surface area contributed by atoms with E-state index in [9.17, 15) is 36.6 Å². The van der Waals surface area contributed by atoms with E-state index in [1.165, 1.54) is 0 Å². The quantitative estimate of drug-likeness (QED) is 0.481. The number of aliphatic hydroxyl groups excluding tert-OH is 1. The number of carbonyl (C=O) groups is 2. The first-order valence-electron chi connectivity index (χ1n) is 10.3. The summed E-state index contributed by atoms with van der Waals surface area (Å²) < 4.78 is 68.8. The van der Waals surface area contributed by atoms with Gasteiger partial charge in [0, 0.05) is 31.3 Å². The highest BCUT2D eigenvalue weighted by Crippen LogP contribution is 2.54. The van der Waals surface area contributed by atoms with Crippen LogP contribution in [-0.2, 0) is 11.0 Å². The lowest BCUT2D eigenvalue weighted by molar-refractivity contribution is -0.138. The molecule has 1 aliphatic carbocycles. The van der Waals surface area contributed by atoms with Crippen LogP contribution in [-0.4, -0.2) is 45.0 Å². The smallest absolute Gasteiger partial charge is 0.391 e. The minimum atomic E-state index is -4.78. The molecule has 1 aliphatic heterocycles. The Labute approximate surface area is 195 Å². The lowest BCUT2D eigenvalue weighted by Gasteiger charge is -2.42. The Hall–Kier alpha value is -2.79. The molecule has 3 N–H and O–H groups in total. The van der Waals surface area contributed by atoms with Crippen molar-refractivity contribution < 1.29 is 36.6 Å². The van der Waals surface area contributed by atoms with Crippen molar-refractivity contribution in [3.8, 4) is 0 Å². The third-order valence-corrected chi connectivity index (χ3v) is 6.68. The highest BCUT2D eigenvalue weighted by molar-refractivity contribution is 6.30. The van der Waals surface area contributed by atoms with Crippen molar-refractivity contribution in [2.45, 2.75) is 43.0 Å². The van der Waals surface area contributed by atoms with Crippen LogP contribution in [0.2, 0.25) is 5.02 Å². The number of amides is 2. The van der Waals surface area contributed by atoms with Gasteiger partial charge in [-0.1, -0.05) is 11.6 Å². The number of β-amino-alcohol motifs (C(OH)–C–C–N with tert-alkyl or cyclic N) is 1. The summed E-state index contributed by atoms with van der Waals surface area (Å²) in [6.45, 7) is -0.446. The lowest BCUT2D eigenvalue weighted by atomic mass is 9.73. The van der Waals surface area contributed by atoms with Crippen molar-refractivity contribution >= 4 is 23.4 Å². The van der Waals surface area contributed by atoms with Gasteiger partial charge in [0.05, 0.1) is 22.3 Å². The number of nitrogens with zero attached hydrogens (tertiary/aromatic N) is 2. The second-order valence-electron chi connectivity index (χ2n) is 8.63. The lowest BCUT2D eigenvalue weighted by Crippen LogP contribution is -2.60. The zero-order valence-corrected chi connectivity index (χ0v) is 18.2. The molecule has 1 saturated heterocycles. The van der Waals surface area contributed by atoms with E-state index in [0.29, 0.717) is 25.1 Å². The molecule has 0 radical (unpaired) electrons. The molecule has 3 atom stereocenters. The molecule has 182 valence electrons. The van der Waals surface area contributed by atoms with Crippen LogP contribution in [0.4, 0.5) is 22.0 Å². The number of rotatable bonds is 5. The molecule has 12 heteroatoms. The van der Waals surface area contributed by atoms with Crippen molar-refractivity contribution in [3.05, 3.63) is 63.9 Å². The van der Waals surface area contributed by atoms with Crippen LogP contribution in [0.5, 0.6) is 0 Å². The topological polar surface area (TPSA) is 96.5 Å². The van der Waals surface area contributed by atoms with Gasteiger partial charge < -0.3 is 15.7 Å². The summed E-state index contributed by atoms with van der Waals surface area (Å²) in [6, 6.07) is 2.13. The van der Waals surface area contributed by atoms with Crippen LogP contribution in [0.3, 0.4) is 0 Å². The van der Waals surface area contributed by atoms with Gasteiger partial charge in [0.15, 0.2) is 0 Å². The van der Waals surface area contributed by atoms with Gasteiger partial charge in [-0.25, -0.2) is 8.78 Å². The molecule has 34 heavy (non-hydrogen) atoms. The van der Waals surface area contributed by atoms with Gasteiger partial charge in [-0.3, -0.25) is 14.6 Å². The van der Waals surface area contributed by atoms with Gasteiger partial charge in [-0.05, 0) is 42.5 Å². The van der Waals surface area contributed by atoms with Gasteiger partial charge in [-0.15, -0.1) is 0 Å². The number of pyridine rings is 1. The first kappa shape index (κ1) is 24.3. The Morgan fingerprint density at radius 2 is 1.85 bits per heavy atom. The van der Waals surface area contributed by atoms with Gasteiger partial charge in [0.1, 0.15) is 17.2 Å². The van der Waals surface area contributed by atoms with Crippen molar-refractivity contribution in [2.75, 3.05) is 6.54 Å². The van der Waals surface area contributed by atoms with Crippen LogP contribution in [0, 0.1) is 17.6 Å². The number of alkyl halides is 3. The highest BCUT2D eigenvalue weighted by Gasteiger charge is 2.61. The van der Waals surface area contributed by atoms with E-state index in [1.807, 2.05) is 0 Å². The highest BCUT2D eigenvalue weighted by atomic mass is 35.5. The third-order valence-electron chi connectivity index (χ3n) is 6.39. The number of carbonyl (C=O) groups excluding carboxylic acids is 2. The molecule has 2 aliphatic rings. The SMILES string of the molecule is NC(=O)[C@@]1([C@@H](c2cc(F)c(Cl)cc2F)C2CC2)CC(O)CN1C(=O)c1cncc(C(F)(F)F)c1. The fourth-order valence-electron chi connectivity index (χ4n) is 4.83. The van der Waals surface area contributed by atoms with E-state index in [-0.39, 0.29) is 11.5 Å². The Kier molecular flexibility index (Phi) is 6.05. The maximum absolute atomic E-state index is 15.0. The van der Waals surface area contributed by atoms with E-state index in [2.05, 4.69) is 4.98 Å². The van der Waals surface area contributed by atoms with E-state index in [1.54, 1.807) is 0 Å². The molecule has 2 amide bonds. The van der Waals surface area contributed by atoms with E-state index in [4.69, 9.17) is 17.3 Å². The monoisotopic (exact) mass is 503 g/mol. The number of aliphatic hydroxyl groups is 1. The average Bonchev–Trinajstić information content (AvgIpc) is 3.52. The molecule has 0 spiro atoms. The summed E-state index contributed by atoms with van der Waals surface area (Å²) in [5.74, 6) is -5.57. The number of benzene rings is 1. The molecule has 1 unspecified atom stereocenters. The molecule has 6 nitrogen and oxygen atoms in total. The van der Waals surface area contributed by atoms with E-state index in [0.717, 1.165) is 23.2 Å². The molecule has 4 rings (SSSR count). The minimum absolute atomic E-state index is 0.253. The molecular formula is C22H19ClF5N3O3. The van der Waals surface area contributed by atoms with Crippen LogP contribution < -0.4 is 5.73 Å². The Bertz CT molecular complexity index is 1160. The van der Waals surface area contributed by atoms with E-state index >= 15 is 0 Å². The van der Waals surface area contributed by atoms with Crippen LogP contribution in [0.15, 0.2) is 30.6 Å². The summed E-state index contributed by atoms with van der Waals surface area (Å²) in [7, 11) is 0. The number of hydrogen-bond acceptors (Lipinski definition) is 4. The fourth-order valence-corrected chi connectivity index (χ4v) is 4.98. The number of likely N-dealkylation sites (tertiary alicyclic amines) is 1. The Morgan fingerprint density at radius 3 is 2.44 bits per heavy atom. The molecule has 2 fully saturated rings. The minimum Gasteiger partial charge on any atom is -0.391 e. The van der Waals surface area contributed by atoms with Crippen LogP contribution >= 0.6 is 11.6 Å². The standard InChI is InChI=1S/C22H19ClF5N3O3/c23-15-5-16(24)14(4-17(15)25)18(10-1-2-10)21(20(29)34)6-13(32)9-31(21)19(33)11-3-12(8-30-7-11)22(26,27)28/h3-5,7-8,10,13,18,32H,1-2,6,9H2,(H2,29,34)/t13?,18-,21+/m1/s1. The Morgan fingerprint density at radius 1 is 1.18 bits per heavy atom. The third kappa shape index (κ3) is 4.11. The molecular weight excluding hydrogens is 485 g/mol. The van der Waals surface area contributed by atoms with Gasteiger partial charge in [0.25, 0.3) is 5.91 Å². The number of nitrogens with two attached hydrogens (primary N) is 1. The molecule has 2 aromatic rings. The zero-order chi connectivity index (χ0) is 25.0. The number of hydrogen-bond donors (Lipinski definition) is 2. The number of aromatic nitrogens is 1. The van der Waals surface area contributed by atoms with Gasteiger partial charge in [-0.2, -0.15) is 13.2 Å². The second kappa shape index (κ2) is 8.46. The average molecular weight is 504 g/mol. The summed E-state index contributed by atoms with van der Waals surface area (Å²) in [5, 5.41) is 9.96. The van der Waals surface area contributed by atoms with Crippen LogP contribution in [0.25, 0.3) is 0 Å². The first-order chi connectivity index (χ1) is 15.9. The number of halogens is 6. The Balaban J connectivity index is 1.86. The summed E-state index contributed by atoms with van der Waals surface area (Å²) in [4.78, 5) is 30.7. The normalized spacial score (nSPS) is 23.7. The molecule has 1 aromatic heterocycles. The summed E-state index contributed by atoms with van der Waals surface area (Å²) >= 11 is 5.67. The summed E-state index contributed by atoms with van der Waals surface area (Å²) in [5.41, 5.74) is 1.79. The molecule has 0 bridgehead atoms. The molecule has 2 heterocycles. The zero-order valence-electron chi connectivity index (χ0n) is 17.5. The fraction of sp³-hybridized carbons (Fsp3) is 0.409.